The molecule has 5 nitrogen and oxygen atoms in total. The number of carbonyl (C=O) groups excluding carboxylic acids is 1. The fourth-order valence-electron chi connectivity index (χ4n) is 2.27. The van der Waals surface area contributed by atoms with Crippen LogP contribution in [0.4, 0.5) is 4.79 Å². The fourth-order valence-corrected chi connectivity index (χ4v) is 2.27. The Morgan fingerprint density at radius 2 is 1.89 bits per heavy atom. The quantitative estimate of drug-likeness (QED) is 0.822. The molecule has 104 valence electrons. The Kier molecular flexibility index (Phi) is 4.24. The van der Waals surface area contributed by atoms with Gasteiger partial charge in [0.1, 0.15) is 5.54 Å². The van der Waals surface area contributed by atoms with Crippen LogP contribution in [0.2, 0.25) is 0 Å². The molecule has 0 aromatic rings. The first-order valence-corrected chi connectivity index (χ1v) is 6.45. The third-order valence-electron chi connectivity index (χ3n) is 4.03. The van der Waals surface area contributed by atoms with Crippen molar-refractivity contribution < 1.29 is 14.7 Å². The van der Waals surface area contributed by atoms with E-state index in [1.165, 1.54) is 4.90 Å². The summed E-state index contributed by atoms with van der Waals surface area (Å²) in [5.41, 5.74) is -1.18. The van der Waals surface area contributed by atoms with Gasteiger partial charge in [0.15, 0.2) is 0 Å². The fraction of sp³-hybridized carbons (Fsp3) is 0.846. The first-order valence-electron chi connectivity index (χ1n) is 6.45. The molecule has 0 aromatic carbocycles. The second-order valence-electron chi connectivity index (χ2n) is 5.88. The van der Waals surface area contributed by atoms with Gasteiger partial charge in [-0.2, -0.15) is 0 Å². The van der Waals surface area contributed by atoms with Crippen molar-refractivity contribution >= 4 is 12.0 Å². The summed E-state index contributed by atoms with van der Waals surface area (Å²) >= 11 is 0. The normalized spacial score (nSPS) is 24.8. The van der Waals surface area contributed by atoms with Crippen LogP contribution in [0.1, 0.15) is 40.5 Å². The van der Waals surface area contributed by atoms with Crippen LogP contribution in [0.5, 0.6) is 0 Å². The second kappa shape index (κ2) is 5.16. The summed E-state index contributed by atoms with van der Waals surface area (Å²) in [6, 6.07) is -0.0184. The summed E-state index contributed by atoms with van der Waals surface area (Å²) in [6.07, 6.45) is 1.96. The highest BCUT2D eigenvalue weighted by Gasteiger charge is 2.39. The number of likely N-dealkylation sites (tertiary alicyclic amines) is 1. The van der Waals surface area contributed by atoms with Gasteiger partial charge in [0.05, 0.1) is 0 Å². The van der Waals surface area contributed by atoms with Crippen molar-refractivity contribution in [2.45, 2.75) is 52.1 Å². The predicted molar refractivity (Wildman–Crippen MR) is 69.4 cm³/mol. The molecule has 5 heteroatoms. The third-order valence-corrected chi connectivity index (χ3v) is 4.03. The van der Waals surface area contributed by atoms with Gasteiger partial charge in [0, 0.05) is 19.6 Å². The Bertz CT molecular complexity index is 341. The minimum atomic E-state index is -1.18. The topological polar surface area (TPSA) is 60.9 Å². The van der Waals surface area contributed by atoms with Crippen molar-refractivity contribution in [1.29, 1.82) is 0 Å². The van der Waals surface area contributed by atoms with E-state index in [-0.39, 0.29) is 12.1 Å². The van der Waals surface area contributed by atoms with Gasteiger partial charge in [-0.1, -0.05) is 6.92 Å². The molecule has 2 unspecified atom stereocenters. The first-order chi connectivity index (χ1) is 8.17. The number of nitrogens with zero attached hydrogens (tertiary/aromatic N) is 2. The standard InChI is InChI=1S/C13H24N2O3/c1-9-6-7-15(10(2)8-9)12(18)14(5)13(3,4)11(16)17/h9-10H,6-8H2,1-5H3,(H,16,17). The maximum absolute atomic E-state index is 12.4. The van der Waals surface area contributed by atoms with Gasteiger partial charge in [0.25, 0.3) is 0 Å². The molecule has 0 spiro atoms. The van der Waals surface area contributed by atoms with Gasteiger partial charge < -0.3 is 14.9 Å². The van der Waals surface area contributed by atoms with Crippen LogP contribution in [-0.4, -0.2) is 52.1 Å². The lowest BCUT2D eigenvalue weighted by Gasteiger charge is -2.42. The number of urea groups is 1. The zero-order valence-corrected chi connectivity index (χ0v) is 11.9. The van der Waals surface area contributed by atoms with Crippen LogP contribution in [0, 0.1) is 5.92 Å². The molecule has 1 fully saturated rings. The third kappa shape index (κ3) is 2.76. The van der Waals surface area contributed by atoms with Gasteiger partial charge >= 0.3 is 12.0 Å². The Balaban J connectivity index is 2.78. The van der Waals surface area contributed by atoms with Crippen LogP contribution in [-0.2, 0) is 4.79 Å². The van der Waals surface area contributed by atoms with Crippen molar-refractivity contribution in [3.8, 4) is 0 Å². The monoisotopic (exact) mass is 256 g/mol. The molecule has 1 aliphatic rings. The van der Waals surface area contributed by atoms with Gasteiger partial charge in [0.2, 0.25) is 0 Å². The molecule has 0 aromatic heterocycles. The van der Waals surface area contributed by atoms with Gasteiger partial charge in [-0.25, -0.2) is 9.59 Å². The molecule has 1 saturated heterocycles. The van der Waals surface area contributed by atoms with Gasteiger partial charge in [-0.05, 0) is 39.5 Å². The van der Waals surface area contributed by atoms with Crippen LogP contribution in [0.25, 0.3) is 0 Å². The molecular weight excluding hydrogens is 232 g/mol. The summed E-state index contributed by atoms with van der Waals surface area (Å²) in [4.78, 5) is 26.6. The predicted octanol–water partition coefficient (Wildman–Crippen LogP) is 2.02. The molecule has 0 saturated carbocycles. The lowest BCUT2D eigenvalue weighted by atomic mass is 9.93. The zero-order valence-electron chi connectivity index (χ0n) is 11.9. The van der Waals surface area contributed by atoms with Crippen LogP contribution < -0.4 is 0 Å². The van der Waals surface area contributed by atoms with E-state index in [1.807, 2.05) is 6.92 Å². The molecule has 2 amide bonds. The Morgan fingerprint density at radius 3 is 2.33 bits per heavy atom. The number of piperidine rings is 1. The molecule has 2 atom stereocenters. The Hall–Kier alpha value is -1.26. The summed E-state index contributed by atoms with van der Waals surface area (Å²) in [6.45, 7) is 8.01. The number of hydrogen-bond donors (Lipinski definition) is 1. The number of aliphatic carboxylic acids is 1. The van der Waals surface area contributed by atoms with Crippen LogP contribution in [0.15, 0.2) is 0 Å². The lowest BCUT2D eigenvalue weighted by Crippen LogP contribution is -2.57. The minimum Gasteiger partial charge on any atom is -0.480 e. The van der Waals surface area contributed by atoms with E-state index >= 15 is 0 Å². The highest BCUT2D eigenvalue weighted by Crippen LogP contribution is 2.25. The second-order valence-corrected chi connectivity index (χ2v) is 5.88. The van der Waals surface area contributed by atoms with Crippen molar-refractivity contribution in [3.05, 3.63) is 0 Å². The van der Waals surface area contributed by atoms with Gasteiger partial charge in [-0.3, -0.25) is 0 Å². The molecule has 1 N–H and O–H groups in total. The maximum Gasteiger partial charge on any atom is 0.329 e. The average molecular weight is 256 g/mol. The summed E-state index contributed by atoms with van der Waals surface area (Å²) in [5, 5.41) is 9.15. The number of likely N-dealkylation sites (N-methyl/N-ethyl adjacent to an activating group) is 1. The summed E-state index contributed by atoms with van der Waals surface area (Å²) in [7, 11) is 1.56. The molecule has 0 aliphatic carbocycles. The molecule has 0 radical (unpaired) electrons. The minimum absolute atomic E-state index is 0.174. The highest BCUT2D eigenvalue weighted by molar-refractivity contribution is 5.85. The summed E-state index contributed by atoms with van der Waals surface area (Å²) < 4.78 is 0. The molecular formula is C13H24N2O3. The van der Waals surface area contributed by atoms with Crippen molar-refractivity contribution in [2.75, 3.05) is 13.6 Å². The number of hydrogen-bond acceptors (Lipinski definition) is 2. The highest BCUT2D eigenvalue weighted by atomic mass is 16.4. The number of amides is 2. The van der Waals surface area contributed by atoms with Crippen molar-refractivity contribution in [1.82, 2.24) is 9.80 Å². The summed E-state index contributed by atoms with van der Waals surface area (Å²) in [5.74, 6) is -0.363. The molecule has 1 aliphatic heterocycles. The van der Waals surface area contributed by atoms with Crippen LogP contribution in [0.3, 0.4) is 0 Å². The van der Waals surface area contributed by atoms with Crippen LogP contribution >= 0.6 is 0 Å². The smallest absolute Gasteiger partial charge is 0.329 e. The van der Waals surface area contributed by atoms with E-state index in [1.54, 1.807) is 25.8 Å². The number of carboxylic acids is 1. The van der Waals surface area contributed by atoms with Crippen molar-refractivity contribution in [2.24, 2.45) is 5.92 Å². The van der Waals surface area contributed by atoms with E-state index in [0.29, 0.717) is 12.5 Å². The average Bonchev–Trinajstić information content (AvgIpc) is 2.26. The van der Waals surface area contributed by atoms with E-state index in [2.05, 4.69) is 6.92 Å². The number of carbonyl (C=O) groups is 2. The molecule has 18 heavy (non-hydrogen) atoms. The number of rotatable bonds is 2. The largest absolute Gasteiger partial charge is 0.480 e. The molecule has 1 rings (SSSR count). The lowest BCUT2D eigenvalue weighted by molar-refractivity contribution is -0.147. The van der Waals surface area contributed by atoms with Crippen molar-refractivity contribution in [3.63, 3.8) is 0 Å². The Morgan fingerprint density at radius 1 is 1.33 bits per heavy atom. The van der Waals surface area contributed by atoms with E-state index < -0.39 is 11.5 Å². The maximum atomic E-state index is 12.4. The molecule has 1 heterocycles. The Labute approximate surface area is 109 Å². The first kappa shape index (κ1) is 14.8. The number of carboxylic acid groups (broad SMARTS) is 1. The van der Waals surface area contributed by atoms with Gasteiger partial charge in [-0.15, -0.1) is 0 Å². The zero-order chi connectivity index (χ0) is 14.1. The SMILES string of the molecule is CC1CCN(C(=O)N(C)C(C)(C)C(=O)O)C(C)C1. The van der Waals surface area contributed by atoms with E-state index in [4.69, 9.17) is 5.11 Å². The van der Waals surface area contributed by atoms with E-state index in [9.17, 15) is 9.59 Å². The van der Waals surface area contributed by atoms with E-state index in [0.717, 1.165) is 12.8 Å². The molecule has 0 bridgehead atoms.